The Bertz CT molecular complexity index is 832. The van der Waals surface area contributed by atoms with Crippen molar-refractivity contribution in [3.63, 3.8) is 0 Å². The summed E-state index contributed by atoms with van der Waals surface area (Å²) in [6.45, 7) is 1.38. The van der Waals surface area contributed by atoms with Gasteiger partial charge in [-0.15, -0.1) is 0 Å². The van der Waals surface area contributed by atoms with Crippen molar-refractivity contribution in [1.82, 2.24) is 5.32 Å². The van der Waals surface area contributed by atoms with Gasteiger partial charge in [-0.3, -0.25) is 9.59 Å². The number of hydrogen-bond acceptors (Lipinski definition) is 4. The van der Waals surface area contributed by atoms with Crippen LogP contribution in [0.4, 0.5) is 5.69 Å². The molecule has 0 unspecified atom stereocenters. The van der Waals surface area contributed by atoms with Crippen molar-refractivity contribution in [3.05, 3.63) is 53.6 Å². The summed E-state index contributed by atoms with van der Waals surface area (Å²) in [5.74, 6) is 1.42. The molecule has 1 fully saturated rings. The van der Waals surface area contributed by atoms with Crippen molar-refractivity contribution >= 4 is 17.5 Å². The molecule has 2 heterocycles. The predicted molar refractivity (Wildman–Crippen MR) is 96.4 cm³/mol. The standard InChI is InChI=1S/C20H20N2O4/c23-19-3-1-2-10-22(19)16-7-5-15(6-8-16)20(24)21-12-14-4-9-17-18(11-14)26-13-25-17/h4-9,11H,1-3,10,12-13H2,(H,21,24). The minimum Gasteiger partial charge on any atom is -0.454 e. The van der Waals surface area contributed by atoms with E-state index in [0.717, 1.165) is 36.4 Å². The van der Waals surface area contributed by atoms with Gasteiger partial charge in [-0.1, -0.05) is 6.07 Å². The van der Waals surface area contributed by atoms with Crippen LogP contribution in [0.1, 0.15) is 35.2 Å². The molecule has 6 nitrogen and oxygen atoms in total. The molecule has 1 saturated heterocycles. The van der Waals surface area contributed by atoms with Gasteiger partial charge in [0.15, 0.2) is 11.5 Å². The van der Waals surface area contributed by atoms with Crippen molar-refractivity contribution in [1.29, 1.82) is 0 Å². The summed E-state index contributed by atoms with van der Waals surface area (Å²) in [5, 5.41) is 2.90. The monoisotopic (exact) mass is 352 g/mol. The van der Waals surface area contributed by atoms with Crippen LogP contribution in [-0.2, 0) is 11.3 Å². The lowest BCUT2D eigenvalue weighted by Gasteiger charge is -2.26. The zero-order valence-electron chi connectivity index (χ0n) is 14.4. The molecule has 0 aromatic heterocycles. The van der Waals surface area contributed by atoms with E-state index >= 15 is 0 Å². The van der Waals surface area contributed by atoms with Gasteiger partial charge in [-0.25, -0.2) is 0 Å². The number of amides is 2. The zero-order chi connectivity index (χ0) is 17.9. The summed E-state index contributed by atoms with van der Waals surface area (Å²) in [4.78, 5) is 26.1. The van der Waals surface area contributed by atoms with E-state index in [1.54, 1.807) is 17.0 Å². The third kappa shape index (κ3) is 3.35. The number of benzene rings is 2. The molecule has 2 aliphatic rings. The Morgan fingerprint density at radius 3 is 2.65 bits per heavy atom. The number of hydrogen-bond donors (Lipinski definition) is 1. The summed E-state index contributed by atoms with van der Waals surface area (Å²) in [7, 11) is 0. The largest absolute Gasteiger partial charge is 0.454 e. The smallest absolute Gasteiger partial charge is 0.251 e. The number of nitrogens with one attached hydrogen (secondary N) is 1. The van der Waals surface area contributed by atoms with Gasteiger partial charge in [-0.05, 0) is 54.8 Å². The summed E-state index contributed by atoms with van der Waals surface area (Å²) in [5.41, 5.74) is 2.36. The topological polar surface area (TPSA) is 67.9 Å². The second-order valence-corrected chi connectivity index (χ2v) is 6.42. The molecule has 2 aromatic carbocycles. The highest BCUT2D eigenvalue weighted by molar-refractivity contribution is 5.96. The van der Waals surface area contributed by atoms with Crippen LogP contribution in [-0.4, -0.2) is 25.2 Å². The third-order valence-electron chi connectivity index (χ3n) is 4.65. The van der Waals surface area contributed by atoms with E-state index in [2.05, 4.69) is 5.32 Å². The Labute approximate surface area is 151 Å². The maximum Gasteiger partial charge on any atom is 0.251 e. The molecule has 2 amide bonds. The SMILES string of the molecule is O=C(NCc1ccc2c(c1)OCO2)c1ccc(N2CCCCC2=O)cc1. The first kappa shape index (κ1) is 16.4. The van der Waals surface area contributed by atoms with Crippen LogP contribution in [0, 0.1) is 0 Å². The number of carbonyl (C=O) groups is 2. The number of ether oxygens (including phenoxy) is 2. The molecule has 0 spiro atoms. The summed E-state index contributed by atoms with van der Waals surface area (Å²) in [6, 6.07) is 12.8. The molecule has 0 aliphatic carbocycles. The van der Waals surface area contributed by atoms with Crippen molar-refractivity contribution in [2.75, 3.05) is 18.2 Å². The van der Waals surface area contributed by atoms with E-state index in [-0.39, 0.29) is 18.6 Å². The number of fused-ring (bicyclic) bond motifs is 1. The molecule has 0 radical (unpaired) electrons. The van der Waals surface area contributed by atoms with Crippen LogP contribution in [0.5, 0.6) is 11.5 Å². The van der Waals surface area contributed by atoms with Crippen LogP contribution in [0.15, 0.2) is 42.5 Å². The summed E-state index contributed by atoms with van der Waals surface area (Å²) < 4.78 is 10.6. The number of carbonyl (C=O) groups excluding carboxylic acids is 2. The quantitative estimate of drug-likeness (QED) is 0.919. The van der Waals surface area contributed by atoms with Gasteiger partial charge in [0.05, 0.1) is 0 Å². The van der Waals surface area contributed by atoms with Gasteiger partial charge < -0.3 is 19.7 Å². The Kier molecular flexibility index (Phi) is 4.48. The highest BCUT2D eigenvalue weighted by atomic mass is 16.7. The average molecular weight is 352 g/mol. The minimum atomic E-state index is -0.154. The van der Waals surface area contributed by atoms with Crippen LogP contribution < -0.4 is 19.7 Å². The van der Waals surface area contributed by atoms with E-state index in [9.17, 15) is 9.59 Å². The number of anilines is 1. The molecule has 0 saturated carbocycles. The number of rotatable bonds is 4. The highest BCUT2D eigenvalue weighted by Crippen LogP contribution is 2.32. The molecule has 1 N–H and O–H groups in total. The van der Waals surface area contributed by atoms with Crippen LogP contribution in [0.25, 0.3) is 0 Å². The first-order chi connectivity index (χ1) is 12.7. The molecule has 2 aliphatic heterocycles. The van der Waals surface area contributed by atoms with Gasteiger partial charge in [0.25, 0.3) is 5.91 Å². The molecule has 2 aromatic rings. The lowest BCUT2D eigenvalue weighted by molar-refractivity contribution is -0.119. The summed E-state index contributed by atoms with van der Waals surface area (Å²) >= 11 is 0. The number of piperidine rings is 1. The lowest BCUT2D eigenvalue weighted by Crippen LogP contribution is -2.35. The molecule has 6 heteroatoms. The highest BCUT2D eigenvalue weighted by Gasteiger charge is 2.19. The molecular formula is C20H20N2O4. The van der Waals surface area contributed by atoms with E-state index < -0.39 is 0 Å². The fourth-order valence-corrected chi connectivity index (χ4v) is 3.21. The van der Waals surface area contributed by atoms with Crippen LogP contribution >= 0.6 is 0 Å². The fourth-order valence-electron chi connectivity index (χ4n) is 3.21. The molecule has 4 rings (SSSR count). The number of nitrogens with zero attached hydrogens (tertiary/aromatic N) is 1. The van der Waals surface area contributed by atoms with E-state index in [0.29, 0.717) is 24.3 Å². The second-order valence-electron chi connectivity index (χ2n) is 6.42. The molecule has 0 atom stereocenters. The van der Waals surface area contributed by atoms with Crippen molar-refractivity contribution in [2.24, 2.45) is 0 Å². The van der Waals surface area contributed by atoms with E-state index in [4.69, 9.17) is 9.47 Å². The molecular weight excluding hydrogens is 332 g/mol. The Balaban J connectivity index is 1.38. The Morgan fingerprint density at radius 2 is 1.85 bits per heavy atom. The summed E-state index contributed by atoms with van der Waals surface area (Å²) in [6.07, 6.45) is 2.57. The van der Waals surface area contributed by atoms with Gasteiger partial charge >= 0.3 is 0 Å². The normalized spacial score (nSPS) is 15.8. The van der Waals surface area contributed by atoms with E-state index in [1.807, 2.05) is 30.3 Å². The Hall–Kier alpha value is -3.02. The molecule has 26 heavy (non-hydrogen) atoms. The second kappa shape index (κ2) is 7.07. The lowest BCUT2D eigenvalue weighted by atomic mass is 10.1. The van der Waals surface area contributed by atoms with Crippen molar-refractivity contribution in [3.8, 4) is 11.5 Å². The minimum absolute atomic E-state index is 0.149. The van der Waals surface area contributed by atoms with Crippen LogP contribution in [0.2, 0.25) is 0 Å². The van der Waals surface area contributed by atoms with Gasteiger partial charge in [0.2, 0.25) is 12.7 Å². The first-order valence-corrected chi connectivity index (χ1v) is 8.78. The van der Waals surface area contributed by atoms with Gasteiger partial charge in [0, 0.05) is 30.8 Å². The fraction of sp³-hybridized carbons (Fsp3) is 0.300. The maximum atomic E-state index is 12.4. The maximum absolute atomic E-state index is 12.4. The third-order valence-corrected chi connectivity index (χ3v) is 4.65. The van der Waals surface area contributed by atoms with Crippen molar-refractivity contribution in [2.45, 2.75) is 25.8 Å². The van der Waals surface area contributed by atoms with Crippen molar-refractivity contribution < 1.29 is 19.1 Å². The average Bonchev–Trinajstić information content (AvgIpc) is 3.14. The Morgan fingerprint density at radius 1 is 1.04 bits per heavy atom. The molecule has 134 valence electrons. The van der Waals surface area contributed by atoms with E-state index in [1.165, 1.54) is 0 Å². The zero-order valence-corrected chi connectivity index (χ0v) is 14.4. The van der Waals surface area contributed by atoms with Crippen LogP contribution in [0.3, 0.4) is 0 Å². The first-order valence-electron chi connectivity index (χ1n) is 8.78. The molecule has 0 bridgehead atoms. The predicted octanol–water partition coefficient (Wildman–Crippen LogP) is 2.86. The van der Waals surface area contributed by atoms with Gasteiger partial charge in [0.1, 0.15) is 0 Å². The van der Waals surface area contributed by atoms with Gasteiger partial charge in [-0.2, -0.15) is 0 Å².